The van der Waals surface area contributed by atoms with Gasteiger partial charge in [0, 0.05) is 32.2 Å². The number of rotatable bonds is 15. The summed E-state index contributed by atoms with van der Waals surface area (Å²) in [7, 11) is 0. The molecule has 234 valence electrons. The lowest BCUT2D eigenvalue weighted by Gasteiger charge is -2.30. The molecule has 3 aromatic rings. The molecule has 0 unspecified atom stereocenters. The molecule has 0 saturated carbocycles. The van der Waals surface area contributed by atoms with E-state index in [1.54, 1.807) is 0 Å². The highest BCUT2D eigenvalue weighted by atomic mass is 16.5. The Morgan fingerprint density at radius 2 is 1.70 bits per heavy atom. The second kappa shape index (κ2) is 15.4. The van der Waals surface area contributed by atoms with Crippen LogP contribution in [-0.4, -0.2) is 48.8 Å². The molecule has 2 aromatic carbocycles. The number of nitrogens with one attached hydrogen (secondary N) is 1. The SMILES string of the molecule is CCCCOc1cc(OCCCC)c(C(C)C)cc1-c1onc(C(=O)NCC)c1-c1ccc2c(c1)CCN(CC(C)C)C2. The molecule has 4 rings (SSSR count). The van der Waals surface area contributed by atoms with E-state index in [0.717, 1.165) is 74.2 Å². The molecule has 0 atom stereocenters. The van der Waals surface area contributed by atoms with Crippen LogP contribution >= 0.6 is 0 Å². The summed E-state index contributed by atoms with van der Waals surface area (Å²) in [6.45, 7) is 19.9. The van der Waals surface area contributed by atoms with Gasteiger partial charge in [-0.3, -0.25) is 9.69 Å². The van der Waals surface area contributed by atoms with Crippen LogP contribution in [0.3, 0.4) is 0 Å². The zero-order chi connectivity index (χ0) is 30.9. The Kier molecular flexibility index (Phi) is 11.7. The molecule has 2 heterocycles. The van der Waals surface area contributed by atoms with Gasteiger partial charge in [0.05, 0.1) is 24.3 Å². The second-order valence-electron chi connectivity index (χ2n) is 12.4. The molecule has 7 nitrogen and oxygen atoms in total. The van der Waals surface area contributed by atoms with Crippen molar-refractivity contribution in [2.45, 2.75) is 93.0 Å². The van der Waals surface area contributed by atoms with Crippen molar-refractivity contribution in [2.24, 2.45) is 5.92 Å². The molecule has 1 aromatic heterocycles. The van der Waals surface area contributed by atoms with Gasteiger partial charge in [-0.1, -0.05) is 77.7 Å². The number of fused-ring (bicyclic) bond motifs is 1. The molecule has 0 fully saturated rings. The third kappa shape index (κ3) is 7.99. The van der Waals surface area contributed by atoms with E-state index in [-0.39, 0.29) is 11.8 Å². The molecular weight excluding hydrogens is 538 g/mol. The fraction of sp³-hybridized carbons (Fsp3) is 0.556. The topological polar surface area (TPSA) is 76.8 Å². The summed E-state index contributed by atoms with van der Waals surface area (Å²) in [6, 6.07) is 10.7. The van der Waals surface area contributed by atoms with Crippen molar-refractivity contribution < 1.29 is 18.8 Å². The van der Waals surface area contributed by atoms with Crippen LogP contribution in [0.1, 0.15) is 107 Å². The van der Waals surface area contributed by atoms with Gasteiger partial charge in [0.15, 0.2) is 11.5 Å². The highest BCUT2D eigenvalue weighted by molar-refractivity contribution is 6.02. The van der Waals surface area contributed by atoms with Gasteiger partial charge >= 0.3 is 0 Å². The minimum absolute atomic E-state index is 0.215. The summed E-state index contributed by atoms with van der Waals surface area (Å²) in [6.07, 6.45) is 4.98. The van der Waals surface area contributed by atoms with E-state index >= 15 is 0 Å². The zero-order valence-electron chi connectivity index (χ0n) is 27.3. The summed E-state index contributed by atoms with van der Waals surface area (Å²) in [5.74, 6) is 2.67. The van der Waals surface area contributed by atoms with Crippen LogP contribution in [0.2, 0.25) is 0 Å². The predicted molar refractivity (Wildman–Crippen MR) is 174 cm³/mol. The fourth-order valence-corrected chi connectivity index (χ4v) is 5.68. The number of benzene rings is 2. The van der Waals surface area contributed by atoms with Gasteiger partial charge in [-0.15, -0.1) is 0 Å². The van der Waals surface area contributed by atoms with Crippen molar-refractivity contribution in [2.75, 3.05) is 32.8 Å². The van der Waals surface area contributed by atoms with Crippen molar-refractivity contribution in [1.29, 1.82) is 0 Å². The van der Waals surface area contributed by atoms with E-state index < -0.39 is 0 Å². The van der Waals surface area contributed by atoms with E-state index in [9.17, 15) is 4.79 Å². The average Bonchev–Trinajstić information content (AvgIpc) is 3.42. The minimum Gasteiger partial charge on any atom is -0.493 e. The molecule has 0 spiro atoms. The number of nitrogens with zero attached hydrogens (tertiary/aromatic N) is 2. The number of unbranched alkanes of at least 4 members (excludes halogenated alkanes) is 2. The maximum atomic E-state index is 13.3. The molecule has 1 aliphatic rings. The second-order valence-corrected chi connectivity index (χ2v) is 12.4. The molecule has 0 saturated heterocycles. The maximum Gasteiger partial charge on any atom is 0.274 e. The molecular formula is C36H51N3O4. The summed E-state index contributed by atoms with van der Waals surface area (Å²) in [5.41, 5.74) is 6.45. The largest absolute Gasteiger partial charge is 0.493 e. The van der Waals surface area contributed by atoms with Crippen molar-refractivity contribution >= 4 is 5.91 Å². The van der Waals surface area contributed by atoms with E-state index in [1.807, 2.05) is 13.0 Å². The quantitative estimate of drug-likeness (QED) is 0.180. The van der Waals surface area contributed by atoms with E-state index in [4.69, 9.17) is 14.0 Å². The van der Waals surface area contributed by atoms with Crippen LogP contribution in [0, 0.1) is 5.92 Å². The van der Waals surface area contributed by atoms with Gasteiger partial charge < -0.3 is 19.3 Å². The Labute approximate surface area is 258 Å². The van der Waals surface area contributed by atoms with E-state index in [2.05, 4.69) is 81.2 Å². The summed E-state index contributed by atoms with van der Waals surface area (Å²) in [4.78, 5) is 15.8. The lowest BCUT2D eigenvalue weighted by molar-refractivity contribution is 0.0947. The Bertz CT molecular complexity index is 1360. The number of ether oxygens (including phenoxy) is 2. The number of amides is 1. The standard InChI is InChI=1S/C36H51N3O4/c1-8-11-17-41-31-21-32(42-18-12-9-2)30(20-29(31)25(6)7)35-33(34(38-43-35)36(40)37-10-3)27-13-14-28-23-39(22-24(4)5)16-15-26(28)19-27/h13-14,19-21,24-25H,8-12,15-18,22-23H2,1-7H3,(H,37,40). The van der Waals surface area contributed by atoms with Crippen molar-refractivity contribution in [3.8, 4) is 33.9 Å². The minimum atomic E-state index is -0.245. The molecule has 7 heteroatoms. The highest BCUT2D eigenvalue weighted by Crippen LogP contribution is 2.44. The predicted octanol–water partition coefficient (Wildman–Crippen LogP) is 8.25. The van der Waals surface area contributed by atoms with Crippen LogP contribution in [0.25, 0.3) is 22.5 Å². The first-order valence-electron chi connectivity index (χ1n) is 16.3. The normalized spacial score (nSPS) is 13.4. The third-order valence-corrected chi connectivity index (χ3v) is 7.94. The molecule has 43 heavy (non-hydrogen) atoms. The van der Waals surface area contributed by atoms with Crippen molar-refractivity contribution in [3.05, 3.63) is 52.7 Å². The monoisotopic (exact) mass is 589 g/mol. The number of carbonyl (C=O) groups excluding carboxylic acids is 1. The molecule has 1 amide bonds. The smallest absolute Gasteiger partial charge is 0.274 e. The lowest BCUT2D eigenvalue weighted by Crippen LogP contribution is -2.33. The summed E-state index contributed by atoms with van der Waals surface area (Å²) in [5, 5.41) is 7.28. The number of carbonyl (C=O) groups is 1. The summed E-state index contributed by atoms with van der Waals surface area (Å²) >= 11 is 0. The van der Waals surface area contributed by atoms with Gasteiger partial charge in [0.2, 0.25) is 0 Å². The molecule has 0 bridgehead atoms. The first kappa shape index (κ1) is 32.6. The third-order valence-electron chi connectivity index (χ3n) is 7.94. The molecule has 0 radical (unpaired) electrons. The fourth-order valence-electron chi connectivity index (χ4n) is 5.68. The highest BCUT2D eigenvalue weighted by Gasteiger charge is 2.29. The molecule has 0 aliphatic carbocycles. The van der Waals surface area contributed by atoms with Crippen LogP contribution < -0.4 is 14.8 Å². The van der Waals surface area contributed by atoms with Gasteiger partial charge in [0.1, 0.15) is 11.5 Å². The van der Waals surface area contributed by atoms with Gasteiger partial charge in [-0.25, -0.2) is 0 Å². The van der Waals surface area contributed by atoms with Crippen LogP contribution in [0.4, 0.5) is 0 Å². The van der Waals surface area contributed by atoms with Gasteiger partial charge in [0.25, 0.3) is 5.91 Å². The van der Waals surface area contributed by atoms with Crippen molar-refractivity contribution in [1.82, 2.24) is 15.4 Å². The Morgan fingerprint density at radius 1 is 0.977 bits per heavy atom. The van der Waals surface area contributed by atoms with Crippen LogP contribution in [0.5, 0.6) is 11.5 Å². The Balaban J connectivity index is 1.85. The van der Waals surface area contributed by atoms with E-state index in [1.165, 1.54) is 11.1 Å². The number of hydrogen-bond donors (Lipinski definition) is 1. The zero-order valence-corrected chi connectivity index (χ0v) is 27.3. The Morgan fingerprint density at radius 3 is 2.35 bits per heavy atom. The maximum absolute atomic E-state index is 13.3. The Hall–Kier alpha value is -3.32. The van der Waals surface area contributed by atoms with Gasteiger partial charge in [-0.2, -0.15) is 0 Å². The first-order chi connectivity index (χ1) is 20.8. The van der Waals surface area contributed by atoms with Crippen LogP contribution in [0.15, 0.2) is 34.9 Å². The first-order valence-corrected chi connectivity index (χ1v) is 16.3. The van der Waals surface area contributed by atoms with E-state index in [0.29, 0.717) is 48.4 Å². The van der Waals surface area contributed by atoms with Crippen molar-refractivity contribution in [3.63, 3.8) is 0 Å². The summed E-state index contributed by atoms with van der Waals surface area (Å²) < 4.78 is 18.7. The molecule has 1 aliphatic heterocycles. The lowest BCUT2D eigenvalue weighted by atomic mass is 9.91. The van der Waals surface area contributed by atoms with Crippen LogP contribution in [-0.2, 0) is 13.0 Å². The van der Waals surface area contributed by atoms with Gasteiger partial charge in [-0.05, 0) is 66.3 Å². The number of aromatic nitrogens is 1. The molecule has 1 N–H and O–H groups in total. The number of hydrogen-bond acceptors (Lipinski definition) is 6. The average molecular weight is 590 g/mol.